The fourth-order valence-electron chi connectivity index (χ4n) is 1.83. The van der Waals surface area contributed by atoms with Gasteiger partial charge in [-0.3, -0.25) is 4.79 Å². The van der Waals surface area contributed by atoms with E-state index in [1.54, 1.807) is 6.08 Å². The van der Waals surface area contributed by atoms with Gasteiger partial charge in [0.15, 0.2) is 5.78 Å². The number of carbonyl (C=O) groups excluding carboxylic acids is 1. The molecule has 0 aromatic heterocycles. The zero-order chi connectivity index (χ0) is 10.3. The van der Waals surface area contributed by atoms with Crippen LogP contribution >= 0.6 is 0 Å². The number of benzene rings is 1. The highest BCUT2D eigenvalue weighted by molar-refractivity contribution is 6.13. The summed E-state index contributed by atoms with van der Waals surface area (Å²) < 4.78 is 0. The van der Waals surface area contributed by atoms with Crippen LogP contribution in [0.4, 0.5) is 0 Å². The van der Waals surface area contributed by atoms with Gasteiger partial charge in [0.2, 0.25) is 0 Å². The largest absolute Gasteiger partial charge is 0.289 e. The molecule has 0 heterocycles. The number of hydrogen-bond acceptors (Lipinski definition) is 1. The van der Waals surface area contributed by atoms with Gasteiger partial charge in [-0.15, -0.1) is 0 Å². The summed E-state index contributed by atoms with van der Waals surface area (Å²) in [6.07, 6.45) is 1.66. The van der Waals surface area contributed by atoms with Crippen LogP contribution in [-0.2, 0) is 0 Å². The van der Waals surface area contributed by atoms with Gasteiger partial charge in [0.05, 0.1) is 0 Å². The molecule has 2 rings (SSSR count). The van der Waals surface area contributed by atoms with Crippen LogP contribution in [-0.4, -0.2) is 5.78 Å². The summed E-state index contributed by atoms with van der Waals surface area (Å²) in [5, 5.41) is 0. The Kier molecular flexibility index (Phi) is 1.88. The summed E-state index contributed by atoms with van der Waals surface area (Å²) in [4.78, 5) is 11.7. The molecule has 0 spiro atoms. The molecule has 0 saturated carbocycles. The van der Waals surface area contributed by atoms with Gasteiger partial charge in [0, 0.05) is 5.56 Å². The van der Waals surface area contributed by atoms with Crippen molar-refractivity contribution in [1.82, 2.24) is 0 Å². The number of allylic oxidation sites excluding steroid dienone is 3. The molecule has 0 N–H and O–H groups in total. The van der Waals surface area contributed by atoms with Gasteiger partial charge in [0.1, 0.15) is 0 Å². The molecule has 1 aliphatic rings. The third-order valence-electron chi connectivity index (χ3n) is 2.66. The predicted molar refractivity (Wildman–Crippen MR) is 58.3 cm³/mol. The maximum absolute atomic E-state index is 11.7. The average molecular weight is 184 g/mol. The van der Waals surface area contributed by atoms with Crippen molar-refractivity contribution in [2.45, 2.75) is 13.8 Å². The van der Waals surface area contributed by atoms with Gasteiger partial charge >= 0.3 is 0 Å². The van der Waals surface area contributed by atoms with E-state index in [2.05, 4.69) is 6.58 Å². The van der Waals surface area contributed by atoms with Gasteiger partial charge in [-0.05, 0) is 42.2 Å². The summed E-state index contributed by atoms with van der Waals surface area (Å²) >= 11 is 0. The van der Waals surface area contributed by atoms with E-state index < -0.39 is 0 Å². The number of rotatable bonds is 0. The van der Waals surface area contributed by atoms with Crippen LogP contribution in [0.5, 0.6) is 0 Å². The lowest BCUT2D eigenvalue weighted by atomic mass is 9.85. The molecular formula is C13H12O. The first-order chi connectivity index (χ1) is 6.61. The first kappa shape index (κ1) is 8.95. The van der Waals surface area contributed by atoms with Crippen LogP contribution in [0.2, 0.25) is 0 Å². The Labute approximate surface area is 83.8 Å². The van der Waals surface area contributed by atoms with Crippen molar-refractivity contribution < 1.29 is 4.79 Å². The summed E-state index contributed by atoms with van der Waals surface area (Å²) in [5.74, 6) is 0.0913. The van der Waals surface area contributed by atoms with Crippen molar-refractivity contribution in [2.24, 2.45) is 0 Å². The maximum Gasteiger partial charge on any atom is 0.186 e. The Morgan fingerprint density at radius 2 is 1.93 bits per heavy atom. The van der Waals surface area contributed by atoms with Gasteiger partial charge in [-0.25, -0.2) is 0 Å². The zero-order valence-corrected chi connectivity index (χ0v) is 8.42. The topological polar surface area (TPSA) is 17.1 Å². The predicted octanol–water partition coefficient (Wildman–Crippen LogP) is 3.15. The quantitative estimate of drug-likeness (QED) is 0.605. The fourth-order valence-corrected chi connectivity index (χ4v) is 1.83. The lowest BCUT2D eigenvalue weighted by Crippen LogP contribution is -2.08. The van der Waals surface area contributed by atoms with Crippen molar-refractivity contribution in [1.29, 1.82) is 0 Å². The Balaban J connectivity index is 2.76. The van der Waals surface area contributed by atoms with E-state index in [-0.39, 0.29) is 5.78 Å². The molecule has 1 aromatic carbocycles. The third kappa shape index (κ3) is 1.13. The molecule has 70 valence electrons. The average Bonchev–Trinajstić information content (AvgIpc) is 2.14. The fraction of sp³-hybridized carbons (Fsp3) is 0.154. The minimum absolute atomic E-state index is 0.0913. The molecule has 0 aliphatic heterocycles. The molecule has 0 amide bonds. The van der Waals surface area contributed by atoms with Gasteiger partial charge in [-0.2, -0.15) is 0 Å². The van der Waals surface area contributed by atoms with Crippen LogP contribution in [0.3, 0.4) is 0 Å². The normalized spacial score (nSPS) is 15.1. The van der Waals surface area contributed by atoms with Crippen LogP contribution in [0.25, 0.3) is 5.57 Å². The molecule has 0 fully saturated rings. The van der Waals surface area contributed by atoms with E-state index in [1.807, 2.05) is 32.0 Å². The summed E-state index contributed by atoms with van der Waals surface area (Å²) in [6, 6.07) is 5.78. The SMILES string of the molecule is C=C1C(C)=CC(=O)c2cccc(C)c21. The lowest BCUT2D eigenvalue weighted by Gasteiger charge is -2.18. The van der Waals surface area contributed by atoms with Crippen molar-refractivity contribution in [3.63, 3.8) is 0 Å². The minimum Gasteiger partial charge on any atom is -0.289 e. The lowest BCUT2D eigenvalue weighted by molar-refractivity contribution is 0.104. The molecule has 0 unspecified atom stereocenters. The zero-order valence-electron chi connectivity index (χ0n) is 8.42. The second-order valence-corrected chi connectivity index (χ2v) is 3.67. The van der Waals surface area contributed by atoms with Gasteiger partial charge < -0.3 is 0 Å². The Morgan fingerprint density at radius 3 is 2.64 bits per heavy atom. The second kappa shape index (κ2) is 2.95. The van der Waals surface area contributed by atoms with Crippen LogP contribution in [0, 0.1) is 6.92 Å². The standard InChI is InChI=1S/C13H12O/c1-8-5-4-6-11-12(14)7-9(2)10(3)13(8)11/h4-7H,3H2,1-2H3. The maximum atomic E-state index is 11.7. The summed E-state index contributed by atoms with van der Waals surface area (Å²) in [5.41, 5.74) is 4.85. The second-order valence-electron chi connectivity index (χ2n) is 3.67. The van der Waals surface area contributed by atoms with E-state index in [4.69, 9.17) is 0 Å². The van der Waals surface area contributed by atoms with Crippen LogP contribution in [0.1, 0.15) is 28.4 Å². The number of aryl methyl sites for hydroxylation is 1. The highest BCUT2D eigenvalue weighted by atomic mass is 16.1. The first-order valence-corrected chi connectivity index (χ1v) is 4.63. The summed E-state index contributed by atoms with van der Waals surface area (Å²) in [6.45, 7) is 7.95. The Hall–Kier alpha value is -1.63. The van der Waals surface area contributed by atoms with E-state index in [1.165, 1.54) is 0 Å². The van der Waals surface area contributed by atoms with E-state index >= 15 is 0 Å². The summed E-state index contributed by atoms with van der Waals surface area (Å²) in [7, 11) is 0. The highest BCUT2D eigenvalue weighted by Gasteiger charge is 2.19. The molecular weight excluding hydrogens is 172 g/mol. The third-order valence-corrected chi connectivity index (χ3v) is 2.66. The first-order valence-electron chi connectivity index (χ1n) is 4.63. The van der Waals surface area contributed by atoms with Crippen molar-refractivity contribution in [3.05, 3.63) is 53.1 Å². The molecule has 0 bridgehead atoms. The number of carbonyl (C=O) groups is 1. The molecule has 14 heavy (non-hydrogen) atoms. The van der Waals surface area contributed by atoms with Crippen molar-refractivity contribution in [3.8, 4) is 0 Å². The smallest absolute Gasteiger partial charge is 0.186 e. The van der Waals surface area contributed by atoms with E-state index in [9.17, 15) is 4.79 Å². The van der Waals surface area contributed by atoms with Gasteiger partial charge in [0.25, 0.3) is 0 Å². The van der Waals surface area contributed by atoms with E-state index in [0.29, 0.717) is 0 Å². The number of ketones is 1. The van der Waals surface area contributed by atoms with Gasteiger partial charge in [-0.1, -0.05) is 24.8 Å². The Morgan fingerprint density at radius 1 is 1.21 bits per heavy atom. The number of hydrogen-bond donors (Lipinski definition) is 0. The molecule has 0 atom stereocenters. The molecule has 0 saturated heterocycles. The number of fused-ring (bicyclic) bond motifs is 1. The molecule has 1 nitrogen and oxygen atoms in total. The molecule has 0 radical (unpaired) electrons. The minimum atomic E-state index is 0.0913. The molecule has 1 aromatic rings. The van der Waals surface area contributed by atoms with Crippen molar-refractivity contribution >= 4 is 11.4 Å². The highest BCUT2D eigenvalue weighted by Crippen LogP contribution is 2.31. The van der Waals surface area contributed by atoms with Crippen molar-refractivity contribution in [2.75, 3.05) is 0 Å². The molecule has 1 aliphatic carbocycles. The monoisotopic (exact) mass is 184 g/mol. The van der Waals surface area contributed by atoms with Crippen LogP contribution < -0.4 is 0 Å². The Bertz CT molecular complexity index is 464. The molecule has 1 heteroatoms. The van der Waals surface area contributed by atoms with E-state index in [0.717, 1.165) is 27.8 Å². The van der Waals surface area contributed by atoms with Crippen LogP contribution in [0.15, 0.2) is 36.4 Å².